The molecule has 4 heteroatoms. The summed E-state index contributed by atoms with van der Waals surface area (Å²) in [6.07, 6.45) is 31.1. The monoisotopic (exact) mass is 479 g/mol. The van der Waals surface area contributed by atoms with Gasteiger partial charge in [-0.15, -0.1) is 0 Å². The van der Waals surface area contributed by atoms with Gasteiger partial charge in [0.1, 0.15) is 0 Å². The Morgan fingerprint density at radius 3 is 1.62 bits per heavy atom. The van der Waals surface area contributed by atoms with Crippen molar-refractivity contribution < 1.29 is 15.0 Å². The lowest BCUT2D eigenvalue weighted by atomic mass is 10.1. The third-order valence-electron chi connectivity index (χ3n) is 6.43. The van der Waals surface area contributed by atoms with E-state index < -0.39 is 12.1 Å². The third kappa shape index (κ3) is 22.7. The molecule has 200 valence electrons. The van der Waals surface area contributed by atoms with E-state index in [1.807, 2.05) is 6.08 Å². The van der Waals surface area contributed by atoms with E-state index in [1.165, 1.54) is 89.9 Å². The van der Waals surface area contributed by atoms with E-state index in [4.69, 9.17) is 0 Å². The molecule has 0 aliphatic rings. The van der Waals surface area contributed by atoms with Gasteiger partial charge in [-0.1, -0.05) is 115 Å². The Kier molecular flexibility index (Phi) is 25.6. The molecule has 0 spiro atoms. The van der Waals surface area contributed by atoms with Crippen LogP contribution >= 0.6 is 0 Å². The summed E-state index contributed by atoms with van der Waals surface area (Å²) in [5.41, 5.74) is 0. The fourth-order valence-electron chi connectivity index (χ4n) is 4.11. The van der Waals surface area contributed by atoms with Crippen LogP contribution < -0.4 is 5.32 Å². The van der Waals surface area contributed by atoms with Gasteiger partial charge in [0.05, 0.1) is 18.8 Å². The molecule has 0 aromatic heterocycles. The fourth-order valence-corrected chi connectivity index (χ4v) is 4.11. The smallest absolute Gasteiger partial charge is 0.220 e. The molecule has 0 aromatic rings. The van der Waals surface area contributed by atoms with Crippen molar-refractivity contribution in [2.45, 2.75) is 154 Å². The zero-order valence-corrected chi connectivity index (χ0v) is 22.6. The lowest BCUT2D eigenvalue weighted by Crippen LogP contribution is -2.45. The quantitative estimate of drug-likeness (QED) is 0.0924. The summed E-state index contributed by atoms with van der Waals surface area (Å²) in [7, 11) is 0. The van der Waals surface area contributed by atoms with E-state index in [0.29, 0.717) is 6.42 Å². The van der Waals surface area contributed by atoms with Crippen molar-refractivity contribution in [3.8, 4) is 0 Å². The Morgan fingerprint density at radius 2 is 1.12 bits per heavy atom. The molecule has 4 nitrogen and oxygen atoms in total. The zero-order chi connectivity index (χ0) is 25.1. The normalized spacial score (nSPS) is 13.6. The summed E-state index contributed by atoms with van der Waals surface area (Å²) in [5, 5.41) is 22.6. The number of hydrogen-bond acceptors (Lipinski definition) is 3. The number of aliphatic hydroxyl groups excluding tert-OH is 2. The summed E-state index contributed by atoms with van der Waals surface area (Å²) < 4.78 is 0. The maximum Gasteiger partial charge on any atom is 0.220 e. The first-order chi connectivity index (χ1) is 16.7. The van der Waals surface area contributed by atoms with Crippen molar-refractivity contribution in [3.05, 3.63) is 24.3 Å². The van der Waals surface area contributed by atoms with Crippen LogP contribution in [0.4, 0.5) is 0 Å². The number of unbranched alkanes of at least 4 members (excludes halogenated alkanes) is 16. The van der Waals surface area contributed by atoms with Crippen LogP contribution in [0.25, 0.3) is 0 Å². The van der Waals surface area contributed by atoms with Crippen LogP contribution in [0.1, 0.15) is 142 Å². The van der Waals surface area contributed by atoms with Gasteiger partial charge in [0.25, 0.3) is 0 Å². The molecule has 0 aliphatic heterocycles. The molecule has 0 saturated heterocycles. The second kappa shape index (κ2) is 26.5. The number of carbonyl (C=O) groups excluding carboxylic acids is 1. The molecule has 2 unspecified atom stereocenters. The standard InChI is InChI=1S/C30H57NO3/c1-3-5-7-9-11-12-13-14-15-16-17-18-20-22-24-26-30(34)31-28(27-32)29(33)25-23-21-19-10-8-6-4-2/h14-15,23,25,28-29,32-33H,3-13,16-22,24,26-27H2,1-2H3,(H,31,34)/b15-14-,25-23+. The van der Waals surface area contributed by atoms with Crippen LogP contribution in [0.2, 0.25) is 0 Å². The highest BCUT2D eigenvalue weighted by Crippen LogP contribution is 2.10. The first kappa shape index (κ1) is 32.9. The fraction of sp³-hybridized carbons (Fsp3) is 0.833. The number of aliphatic hydroxyl groups is 2. The van der Waals surface area contributed by atoms with Crippen LogP contribution in [0.15, 0.2) is 24.3 Å². The molecule has 0 aliphatic carbocycles. The van der Waals surface area contributed by atoms with Crippen LogP contribution in [0.5, 0.6) is 0 Å². The molecule has 0 bridgehead atoms. The largest absolute Gasteiger partial charge is 0.394 e. The van der Waals surface area contributed by atoms with E-state index in [-0.39, 0.29) is 12.5 Å². The Morgan fingerprint density at radius 1 is 0.676 bits per heavy atom. The molecule has 2 atom stereocenters. The molecule has 0 radical (unpaired) electrons. The van der Waals surface area contributed by atoms with Gasteiger partial charge >= 0.3 is 0 Å². The van der Waals surface area contributed by atoms with Gasteiger partial charge in [-0.2, -0.15) is 0 Å². The second-order valence-electron chi connectivity index (χ2n) is 9.81. The van der Waals surface area contributed by atoms with Gasteiger partial charge in [-0.05, 0) is 44.9 Å². The summed E-state index contributed by atoms with van der Waals surface area (Å²) in [6, 6.07) is -0.619. The van der Waals surface area contributed by atoms with E-state index in [0.717, 1.165) is 32.1 Å². The van der Waals surface area contributed by atoms with Gasteiger partial charge in [-0.25, -0.2) is 0 Å². The number of rotatable bonds is 25. The van der Waals surface area contributed by atoms with Crippen LogP contribution in [0, 0.1) is 0 Å². The van der Waals surface area contributed by atoms with Crippen molar-refractivity contribution in [1.29, 1.82) is 0 Å². The van der Waals surface area contributed by atoms with Crippen LogP contribution in [-0.4, -0.2) is 34.9 Å². The topological polar surface area (TPSA) is 69.6 Å². The lowest BCUT2D eigenvalue weighted by molar-refractivity contribution is -0.123. The molecule has 0 fully saturated rings. The molecule has 0 heterocycles. The van der Waals surface area contributed by atoms with Gasteiger partial charge < -0.3 is 15.5 Å². The molecular formula is C30H57NO3. The lowest BCUT2D eigenvalue weighted by Gasteiger charge is -2.20. The maximum absolute atomic E-state index is 12.2. The Balaban J connectivity index is 3.66. The SMILES string of the molecule is CCCCCCC/C=C/C(O)C(CO)NC(=O)CCCCCCC/C=C\CCCCCCCC. The van der Waals surface area contributed by atoms with E-state index in [9.17, 15) is 15.0 Å². The minimum atomic E-state index is -0.835. The highest BCUT2D eigenvalue weighted by molar-refractivity contribution is 5.76. The summed E-state index contributed by atoms with van der Waals surface area (Å²) in [6.45, 7) is 4.22. The van der Waals surface area contributed by atoms with Gasteiger partial charge in [0.2, 0.25) is 5.91 Å². The van der Waals surface area contributed by atoms with Crippen molar-refractivity contribution in [2.75, 3.05) is 6.61 Å². The molecule has 0 aromatic carbocycles. The summed E-state index contributed by atoms with van der Waals surface area (Å²) >= 11 is 0. The summed E-state index contributed by atoms with van der Waals surface area (Å²) in [4.78, 5) is 12.2. The minimum absolute atomic E-state index is 0.0799. The van der Waals surface area contributed by atoms with Gasteiger partial charge in [0.15, 0.2) is 0 Å². The molecule has 0 saturated carbocycles. The van der Waals surface area contributed by atoms with E-state index in [1.54, 1.807) is 6.08 Å². The van der Waals surface area contributed by atoms with Gasteiger partial charge in [-0.3, -0.25) is 4.79 Å². The predicted molar refractivity (Wildman–Crippen MR) is 147 cm³/mol. The molecule has 0 rings (SSSR count). The van der Waals surface area contributed by atoms with Crippen molar-refractivity contribution in [1.82, 2.24) is 5.32 Å². The second-order valence-corrected chi connectivity index (χ2v) is 9.81. The molecule has 3 N–H and O–H groups in total. The van der Waals surface area contributed by atoms with Crippen LogP contribution in [-0.2, 0) is 4.79 Å². The van der Waals surface area contributed by atoms with E-state index >= 15 is 0 Å². The average Bonchev–Trinajstić information content (AvgIpc) is 2.84. The van der Waals surface area contributed by atoms with Crippen molar-refractivity contribution >= 4 is 5.91 Å². The summed E-state index contributed by atoms with van der Waals surface area (Å²) in [5.74, 6) is -0.0799. The Hall–Kier alpha value is -1.13. The van der Waals surface area contributed by atoms with Crippen molar-refractivity contribution in [2.24, 2.45) is 0 Å². The highest BCUT2D eigenvalue weighted by atomic mass is 16.3. The maximum atomic E-state index is 12.2. The number of allylic oxidation sites excluding steroid dienone is 3. The highest BCUT2D eigenvalue weighted by Gasteiger charge is 2.17. The third-order valence-corrected chi connectivity index (χ3v) is 6.43. The van der Waals surface area contributed by atoms with Crippen LogP contribution in [0.3, 0.4) is 0 Å². The number of hydrogen-bond donors (Lipinski definition) is 3. The predicted octanol–water partition coefficient (Wildman–Crippen LogP) is 7.78. The van der Waals surface area contributed by atoms with E-state index in [2.05, 4.69) is 31.3 Å². The first-order valence-corrected chi connectivity index (χ1v) is 14.6. The number of nitrogens with one attached hydrogen (secondary N) is 1. The van der Waals surface area contributed by atoms with Gasteiger partial charge in [0, 0.05) is 6.42 Å². The average molecular weight is 480 g/mol. The molecule has 1 amide bonds. The first-order valence-electron chi connectivity index (χ1n) is 14.6. The number of amides is 1. The zero-order valence-electron chi connectivity index (χ0n) is 22.6. The van der Waals surface area contributed by atoms with Crippen molar-refractivity contribution in [3.63, 3.8) is 0 Å². The molecule has 34 heavy (non-hydrogen) atoms. The number of carbonyl (C=O) groups is 1. The Bertz CT molecular complexity index is 489. The minimum Gasteiger partial charge on any atom is -0.394 e. The molecular weight excluding hydrogens is 422 g/mol. The Labute approximate surface area is 211 Å².